The summed E-state index contributed by atoms with van der Waals surface area (Å²) in [5.41, 5.74) is 28.9. The molecule has 0 spiro atoms. The van der Waals surface area contributed by atoms with E-state index in [2.05, 4.69) is 47.5 Å². The maximum atomic E-state index is 14.4. The van der Waals surface area contributed by atoms with Gasteiger partial charge in [-0.05, 0) is 56.1 Å². The number of hydrogen-bond donors (Lipinski definition) is 15. The summed E-state index contributed by atoms with van der Waals surface area (Å²) in [6, 6.07) is 3.94. The molecule has 0 radical (unpaired) electrons. The molecular formula is C51H75N15O14. The van der Waals surface area contributed by atoms with Crippen molar-refractivity contribution in [2.45, 2.75) is 133 Å². The second-order valence-electron chi connectivity index (χ2n) is 19.5. The standard InChI is InChI=1S/C51H75N15O14/c1-27(2)20-33(45(75)60-31(16-10-18-57-51(55)56)44(74)61-32(42(54)72)21-29-12-6-4-7-13-29)62-46(76)34(22-30-14-8-5-9-15-30)63-47(77)35(23-39(53)68)64-49(79)38-17-11-19-66(38)50(80)36(24-41(70)71)65-48(78)37(26-67)59-40(69)25-58-43(73)28(3)52/h4-9,12-15,27-28,31-38,67H,10-11,16-26,52H2,1-3H3,(H2,53,68)(H2,54,72)(H,58,73)(H,59,69)(H,60,75)(H,61,74)(H,62,76)(H,63,77)(H,64,79)(H,65,78)(H,70,71)(H4,55,56,57)/t28-,31-,32-,33-,34-,35-,36-,37-,38-/m0/s1. The minimum Gasteiger partial charge on any atom is -0.481 e. The number of aliphatic hydroxyl groups is 1. The first-order valence-electron chi connectivity index (χ1n) is 25.8. The molecule has 0 unspecified atom stereocenters. The molecule has 3 rings (SSSR count). The maximum Gasteiger partial charge on any atom is 0.305 e. The highest BCUT2D eigenvalue weighted by molar-refractivity contribution is 6.00. The van der Waals surface area contributed by atoms with Crippen LogP contribution in [0, 0.1) is 5.92 Å². The molecular weight excluding hydrogens is 1050 g/mol. The summed E-state index contributed by atoms with van der Waals surface area (Å²) in [5, 5.41) is 39.0. The van der Waals surface area contributed by atoms with Crippen molar-refractivity contribution in [3.8, 4) is 0 Å². The van der Waals surface area contributed by atoms with Crippen LogP contribution in [0.1, 0.15) is 76.8 Å². The lowest BCUT2D eigenvalue weighted by Gasteiger charge is -2.30. The summed E-state index contributed by atoms with van der Waals surface area (Å²) in [6.07, 6.45) is -1.74. The van der Waals surface area contributed by atoms with E-state index in [0.717, 1.165) is 4.90 Å². The van der Waals surface area contributed by atoms with Gasteiger partial charge in [0.15, 0.2) is 5.96 Å². The topological polar surface area (TPSA) is 487 Å². The number of amides is 11. The number of nitrogens with zero attached hydrogens (tertiary/aromatic N) is 2. The third kappa shape index (κ3) is 22.7. The van der Waals surface area contributed by atoms with E-state index in [1.165, 1.54) is 6.92 Å². The number of aliphatic imine (C=N–C) groups is 1. The molecule has 80 heavy (non-hydrogen) atoms. The zero-order chi connectivity index (χ0) is 59.6. The zero-order valence-corrected chi connectivity index (χ0v) is 44.8. The van der Waals surface area contributed by atoms with Gasteiger partial charge in [0.05, 0.1) is 32.0 Å². The molecule has 0 aliphatic carbocycles. The molecule has 20 N–H and O–H groups in total. The fourth-order valence-electron chi connectivity index (χ4n) is 8.29. The molecule has 0 bridgehead atoms. The number of likely N-dealkylation sites (tertiary alicyclic amines) is 1. The lowest BCUT2D eigenvalue weighted by atomic mass is 9.99. The van der Waals surface area contributed by atoms with Gasteiger partial charge in [0.1, 0.15) is 48.3 Å². The highest BCUT2D eigenvalue weighted by Gasteiger charge is 2.41. The van der Waals surface area contributed by atoms with Crippen LogP contribution in [-0.4, -0.2) is 173 Å². The van der Waals surface area contributed by atoms with Crippen molar-refractivity contribution in [3.05, 3.63) is 71.8 Å². The number of primary amides is 2. The number of carbonyl (C=O) groups is 12. The SMILES string of the molecule is CC(C)C[C@H](NC(=O)[C@H](Cc1ccccc1)NC(=O)[C@H](CC(N)=O)NC(=O)[C@@H]1CCCN1C(=O)[C@H](CC(=O)O)NC(=O)[C@H](CO)NC(=O)CNC(=O)[C@H](C)N)C(=O)N[C@@H](CCCN=C(N)N)C(=O)N[C@@H](Cc1ccccc1)C(N)=O. The number of nitrogens with one attached hydrogen (secondary N) is 8. The summed E-state index contributed by atoms with van der Waals surface area (Å²) in [4.78, 5) is 164. The van der Waals surface area contributed by atoms with Gasteiger partial charge in [0, 0.05) is 25.9 Å². The number of aliphatic hydroxyl groups excluding tert-OH is 1. The van der Waals surface area contributed by atoms with E-state index in [1.54, 1.807) is 74.5 Å². The Hall–Kier alpha value is -8.73. The van der Waals surface area contributed by atoms with Crippen molar-refractivity contribution in [1.29, 1.82) is 0 Å². The summed E-state index contributed by atoms with van der Waals surface area (Å²) in [7, 11) is 0. The minimum absolute atomic E-state index is 0.00629. The summed E-state index contributed by atoms with van der Waals surface area (Å²) in [5.74, 6) is -12.5. The molecule has 0 aromatic heterocycles. The van der Waals surface area contributed by atoms with Crippen molar-refractivity contribution in [1.82, 2.24) is 47.4 Å². The number of aliphatic carboxylic acids is 1. The average molecular weight is 1120 g/mol. The Bertz CT molecular complexity index is 2530. The summed E-state index contributed by atoms with van der Waals surface area (Å²) >= 11 is 0. The first-order valence-corrected chi connectivity index (χ1v) is 25.8. The molecule has 1 heterocycles. The van der Waals surface area contributed by atoms with Gasteiger partial charge in [-0.2, -0.15) is 0 Å². The number of rotatable bonds is 33. The molecule has 0 saturated carbocycles. The molecule has 438 valence electrons. The van der Waals surface area contributed by atoms with E-state index < -0.39 is 151 Å². The predicted octanol–water partition coefficient (Wildman–Crippen LogP) is -5.75. The molecule has 11 amide bonds. The summed E-state index contributed by atoms with van der Waals surface area (Å²) < 4.78 is 0. The first-order chi connectivity index (χ1) is 37.8. The van der Waals surface area contributed by atoms with Gasteiger partial charge in [0.2, 0.25) is 65.0 Å². The van der Waals surface area contributed by atoms with E-state index in [9.17, 15) is 67.7 Å². The zero-order valence-electron chi connectivity index (χ0n) is 44.8. The fourth-order valence-corrected chi connectivity index (χ4v) is 8.29. The summed E-state index contributed by atoms with van der Waals surface area (Å²) in [6.45, 7) is 3.14. The molecule has 29 nitrogen and oxygen atoms in total. The fraction of sp³-hybridized carbons (Fsp3) is 0.510. The van der Waals surface area contributed by atoms with E-state index in [0.29, 0.717) is 11.1 Å². The maximum absolute atomic E-state index is 14.4. The number of carboxylic acids is 1. The van der Waals surface area contributed by atoms with Crippen molar-refractivity contribution in [3.63, 3.8) is 0 Å². The number of carboxylic acid groups (broad SMARTS) is 1. The molecule has 9 atom stereocenters. The molecule has 1 aliphatic rings. The van der Waals surface area contributed by atoms with Gasteiger partial charge >= 0.3 is 5.97 Å². The van der Waals surface area contributed by atoms with Crippen LogP contribution in [0.4, 0.5) is 0 Å². The van der Waals surface area contributed by atoms with Crippen LogP contribution in [0.3, 0.4) is 0 Å². The van der Waals surface area contributed by atoms with Gasteiger partial charge < -0.3 is 86.3 Å². The van der Waals surface area contributed by atoms with Gasteiger partial charge in [-0.3, -0.25) is 62.5 Å². The highest BCUT2D eigenvalue weighted by atomic mass is 16.4. The average Bonchev–Trinajstić information content (AvgIpc) is 3.89. The van der Waals surface area contributed by atoms with Gasteiger partial charge in [-0.1, -0.05) is 74.5 Å². The Morgan fingerprint density at radius 2 is 1.14 bits per heavy atom. The second-order valence-corrected chi connectivity index (χ2v) is 19.5. The van der Waals surface area contributed by atoms with E-state index in [-0.39, 0.29) is 69.9 Å². The molecule has 2 aromatic carbocycles. The predicted molar refractivity (Wildman–Crippen MR) is 287 cm³/mol. The van der Waals surface area contributed by atoms with Crippen LogP contribution in [0.5, 0.6) is 0 Å². The lowest BCUT2D eigenvalue weighted by Crippen LogP contribution is -2.61. The van der Waals surface area contributed by atoms with Crippen molar-refractivity contribution in [2.75, 3.05) is 26.2 Å². The Morgan fingerprint density at radius 1 is 0.625 bits per heavy atom. The Labute approximate surface area is 461 Å². The van der Waals surface area contributed by atoms with Gasteiger partial charge in [0.25, 0.3) is 0 Å². The van der Waals surface area contributed by atoms with E-state index in [4.69, 9.17) is 28.7 Å². The lowest BCUT2D eigenvalue weighted by molar-refractivity contribution is -0.146. The first kappa shape index (κ1) is 65.6. The van der Waals surface area contributed by atoms with Gasteiger partial charge in [-0.15, -0.1) is 0 Å². The van der Waals surface area contributed by atoms with Crippen LogP contribution in [0.2, 0.25) is 0 Å². The Balaban J connectivity index is 1.88. The van der Waals surface area contributed by atoms with Crippen molar-refractivity contribution >= 4 is 76.9 Å². The number of carbonyl (C=O) groups excluding carboxylic acids is 11. The molecule has 1 aliphatic heterocycles. The second kappa shape index (κ2) is 32.9. The van der Waals surface area contributed by atoms with E-state index >= 15 is 0 Å². The third-order valence-electron chi connectivity index (χ3n) is 12.3. The van der Waals surface area contributed by atoms with E-state index in [1.807, 2.05) is 0 Å². The van der Waals surface area contributed by atoms with Crippen molar-refractivity contribution < 1.29 is 67.7 Å². The van der Waals surface area contributed by atoms with Crippen LogP contribution in [-0.2, 0) is 70.4 Å². The Morgan fingerprint density at radius 3 is 1.68 bits per heavy atom. The molecule has 1 fully saturated rings. The normalized spacial score (nSPS) is 15.8. The molecule has 29 heteroatoms. The van der Waals surface area contributed by atoms with Crippen molar-refractivity contribution in [2.24, 2.45) is 39.6 Å². The van der Waals surface area contributed by atoms with Gasteiger partial charge in [-0.25, -0.2) is 0 Å². The quantitative estimate of drug-likeness (QED) is 0.0180. The molecule has 1 saturated heterocycles. The minimum atomic E-state index is -1.86. The Kier molecular flexibility index (Phi) is 26.9. The van der Waals surface area contributed by atoms with Crippen LogP contribution in [0.15, 0.2) is 65.7 Å². The largest absolute Gasteiger partial charge is 0.481 e. The number of benzene rings is 2. The van der Waals surface area contributed by atoms with Crippen LogP contribution >= 0.6 is 0 Å². The number of hydrogen-bond acceptors (Lipinski definition) is 15. The number of nitrogens with two attached hydrogens (primary N) is 5. The number of guanidine groups is 1. The highest BCUT2D eigenvalue weighted by Crippen LogP contribution is 2.20. The van der Waals surface area contributed by atoms with Crippen LogP contribution in [0.25, 0.3) is 0 Å². The smallest absolute Gasteiger partial charge is 0.305 e. The third-order valence-corrected chi connectivity index (χ3v) is 12.3. The monoisotopic (exact) mass is 1120 g/mol. The van der Waals surface area contributed by atoms with Crippen LogP contribution < -0.4 is 71.2 Å². The molecule has 2 aromatic rings.